The van der Waals surface area contributed by atoms with Crippen LogP contribution in [0.3, 0.4) is 0 Å². The Bertz CT molecular complexity index is 916. The lowest BCUT2D eigenvalue weighted by atomic mass is 9.95. The molecule has 0 saturated heterocycles. The van der Waals surface area contributed by atoms with Crippen molar-refractivity contribution >= 4 is 0 Å². The molecule has 0 fully saturated rings. The maximum absolute atomic E-state index is 12.4. The molecule has 0 heterocycles. The number of benzene rings is 1. The summed E-state index contributed by atoms with van der Waals surface area (Å²) in [4.78, 5) is 12.4. The van der Waals surface area contributed by atoms with E-state index in [1.165, 1.54) is 20.3 Å². The van der Waals surface area contributed by atoms with E-state index in [0.717, 1.165) is 22.3 Å². The average Bonchev–Trinajstić information content (AvgIpc) is 2.90. The van der Waals surface area contributed by atoms with E-state index in [1.54, 1.807) is 13.2 Å². The van der Waals surface area contributed by atoms with Crippen LogP contribution in [0.1, 0.15) is 25.0 Å². The van der Waals surface area contributed by atoms with Crippen LogP contribution in [-0.2, 0) is 6.42 Å². The molecule has 3 rings (SSSR count). The van der Waals surface area contributed by atoms with Crippen LogP contribution in [0.2, 0.25) is 0 Å². The summed E-state index contributed by atoms with van der Waals surface area (Å²) in [6, 6.07) is 6.55. The fourth-order valence-electron chi connectivity index (χ4n) is 3.45. The number of aryl methyl sites for hydroxylation is 1. The minimum absolute atomic E-state index is 0.224. The van der Waals surface area contributed by atoms with Crippen LogP contribution in [0, 0.1) is 0 Å². The van der Waals surface area contributed by atoms with Crippen molar-refractivity contribution in [2.45, 2.75) is 18.9 Å². The van der Waals surface area contributed by atoms with Gasteiger partial charge in [-0.25, -0.2) is 0 Å². The lowest BCUT2D eigenvalue weighted by molar-refractivity contribution is 0.324. The third-order valence-corrected chi connectivity index (χ3v) is 4.70. The van der Waals surface area contributed by atoms with Gasteiger partial charge in [0.1, 0.15) is 0 Å². The molecule has 6 heteroatoms. The third kappa shape index (κ3) is 2.86. The first-order valence-corrected chi connectivity index (χ1v) is 8.23. The number of methoxy groups -OCH3 is 4. The highest BCUT2D eigenvalue weighted by Crippen LogP contribution is 2.49. The highest BCUT2D eigenvalue weighted by molar-refractivity contribution is 5.82. The Morgan fingerprint density at radius 3 is 2.46 bits per heavy atom. The summed E-state index contributed by atoms with van der Waals surface area (Å²) in [7, 11) is 4.30. The van der Waals surface area contributed by atoms with Crippen LogP contribution < -0.4 is 30.1 Å². The molecule has 1 atom stereocenters. The van der Waals surface area contributed by atoms with E-state index in [9.17, 15) is 4.79 Å². The normalized spacial score (nSPS) is 15.8. The average molecular weight is 359 g/mol. The first-order chi connectivity index (χ1) is 13.0. The van der Waals surface area contributed by atoms with Crippen molar-refractivity contribution in [3.05, 3.63) is 45.6 Å². The van der Waals surface area contributed by atoms with Crippen LogP contribution in [0.25, 0.3) is 11.1 Å². The van der Waals surface area contributed by atoms with Crippen LogP contribution >= 0.6 is 0 Å². The van der Waals surface area contributed by atoms with Gasteiger partial charge in [0.25, 0.3) is 0 Å². The Balaban J connectivity index is 2.40. The highest BCUT2D eigenvalue weighted by Gasteiger charge is 2.27. The molecule has 0 radical (unpaired) electrons. The van der Waals surface area contributed by atoms with Crippen molar-refractivity contribution in [1.29, 1.82) is 0 Å². The monoisotopic (exact) mass is 359 g/mol. The van der Waals surface area contributed by atoms with Gasteiger partial charge in [-0.15, -0.1) is 0 Å². The van der Waals surface area contributed by atoms with Gasteiger partial charge in [-0.2, -0.15) is 0 Å². The smallest absolute Gasteiger partial charge is 0.220 e. The summed E-state index contributed by atoms with van der Waals surface area (Å²) < 4.78 is 29.2. The highest BCUT2D eigenvalue weighted by atomic mass is 16.5. The number of ether oxygens (including phenoxy) is 4. The lowest BCUT2D eigenvalue weighted by Crippen LogP contribution is -2.12. The number of hydrogen-bond donors (Lipinski definition) is 1. The predicted octanol–water partition coefficient (Wildman–Crippen LogP) is 2.69. The van der Waals surface area contributed by atoms with Crippen molar-refractivity contribution in [3.63, 3.8) is 0 Å². The largest absolute Gasteiger partial charge is 0.493 e. The van der Waals surface area contributed by atoms with Gasteiger partial charge in [-0.3, -0.25) is 4.79 Å². The fourth-order valence-corrected chi connectivity index (χ4v) is 3.45. The Morgan fingerprint density at radius 2 is 1.81 bits per heavy atom. The molecule has 1 aliphatic rings. The molecule has 0 spiro atoms. The molecule has 6 nitrogen and oxygen atoms in total. The minimum Gasteiger partial charge on any atom is -0.493 e. The zero-order valence-corrected chi connectivity index (χ0v) is 15.1. The number of hydrogen-bond acceptors (Lipinski definition) is 6. The minimum atomic E-state index is -0.312. The SMILES string of the molecule is [3H]COc1cc2c(c(OC)c1OC)-c1ccc(OC)c(=O)cc1[C@@H](N)CC2. The van der Waals surface area contributed by atoms with Gasteiger partial charge < -0.3 is 24.7 Å². The molecule has 0 bridgehead atoms. The number of nitrogens with two attached hydrogens (primary N) is 1. The second-order valence-electron chi connectivity index (χ2n) is 6.04. The summed E-state index contributed by atoms with van der Waals surface area (Å²) in [6.07, 6.45) is 1.33. The van der Waals surface area contributed by atoms with Crippen molar-refractivity contribution in [3.8, 4) is 34.1 Å². The first-order valence-electron chi connectivity index (χ1n) is 8.94. The number of rotatable bonds is 4. The van der Waals surface area contributed by atoms with E-state index >= 15 is 0 Å². The number of fused-ring (bicyclic) bond motifs is 3. The predicted molar refractivity (Wildman–Crippen MR) is 99.6 cm³/mol. The summed E-state index contributed by atoms with van der Waals surface area (Å²) in [6.45, 7) is 0. The lowest BCUT2D eigenvalue weighted by Gasteiger charge is -2.19. The molecule has 26 heavy (non-hydrogen) atoms. The Kier molecular flexibility index (Phi) is 4.67. The zero-order valence-electron chi connectivity index (χ0n) is 16.1. The second-order valence-corrected chi connectivity index (χ2v) is 6.04. The van der Waals surface area contributed by atoms with Crippen LogP contribution in [-0.4, -0.2) is 28.4 Å². The Hall–Kier alpha value is -2.73. The molecule has 0 unspecified atom stereocenters. The molecule has 2 aromatic rings. The zero-order chi connectivity index (χ0) is 19.6. The van der Waals surface area contributed by atoms with E-state index in [-0.39, 0.29) is 24.3 Å². The van der Waals surface area contributed by atoms with Gasteiger partial charge in [-0.1, -0.05) is 6.07 Å². The Labute approximate surface area is 153 Å². The van der Waals surface area contributed by atoms with Gasteiger partial charge in [0, 0.05) is 11.6 Å². The van der Waals surface area contributed by atoms with Crippen LogP contribution in [0.4, 0.5) is 0 Å². The van der Waals surface area contributed by atoms with E-state index < -0.39 is 0 Å². The van der Waals surface area contributed by atoms with Crippen molar-refractivity contribution < 1.29 is 20.3 Å². The summed E-state index contributed by atoms with van der Waals surface area (Å²) >= 11 is 0. The third-order valence-electron chi connectivity index (χ3n) is 4.70. The maximum Gasteiger partial charge on any atom is 0.220 e. The molecule has 2 N–H and O–H groups in total. The van der Waals surface area contributed by atoms with E-state index in [4.69, 9.17) is 26.1 Å². The Morgan fingerprint density at radius 1 is 1.04 bits per heavy atom. The molecule has 138 valence electrons. The maximum atomic E-state index is 12.4. The summed E-state index contributed by atoms with van der Waals surface area (Å²) in [5, 5.41) is 0. The molecule has 1 aliphatic carbocycles. The van der Waals surface area contributed by atoms with Crippen molar-refractivity contribution in [2.24, 2.45) is 5.73 Å². The summed E-state index contributed by atoms with van der Waals surface area (Å²) in [5.74, 6) is 1.59. The van der Waals surface area contributed by atoms with E-state index in [2.05, 4.69) is 0 Å². The van der Waals surface area contributed by atoms with Gasteiger partial charge in [0.15, 0.2) is 17.2 Å². The van der Waals surface area contributed by atoms with Gasteiger partial charge >= 0.3 is 0 Å². The molecule has 0 aliphatic heterocycles. The summed E-state index contributed by atoms with van der Waals surface area (Å²) in [5.41, 5.74) is 9.46. The molecular formula is C20H23NO5. The van der Waals surface area contributed by atoms with Gasteiger partial charge in [0.05, 0.1) is 29.8 Å². The topological polar surface area (TPSA) is 80.0 Å². The first kappa shape index (κ1) is 16.7. The fraction of sp³-hybridized carbons (Fsp3) is 0.350. The van der Waals surface area contributed by atoms with Gasteiger partial charge in [0.2, 0.25) is 11.2 Å². The van der Waals surface area contributed by atoms with Crippen LogP contribution in [0.5, 0.6) is 23.0 Å². The quantitative estimate of drug-likeness (QED) is 0.904. The van der Waals surface area contributed by atoms with Crippen molar-refractivity contribution in [1.82, 2.24) is 0 Å². The van der Waals surface area contributed by atoms with E-state index in [0.29, 0.717) is 30.1 Å². The molecule has 0 amide bonds. The van der Waals surface area contributed by atoms with Crippen LogP contribution in [0.15, 0.2) is 29.1 Å². The molecular weight excluding hydrogens is 334 g/mol. The molecule has 2 aromatic carbocycles. The molecule has 0 aromatic heterocycles. The van der Waals surface area contributed by atoms with Crippen molar-refractivity contribution in [2.75, 3.05) is 28.4 Å². The standard InChI is InChI=1S/C20H23NO5/c1-23-16-8-6-12-13(10-15(16)22)14(21)7-5-11-9-17(24-2)19(25-3)20(26-4)18(11)12/h6,8-10,14H,5,7,21H2,1-4H3/t14-/m0/s1/i2T. The van der Waals surface area contributed by atoms with E-state index in [1.807, 2.05) is 12.1 Å². The van der Waals surface area contributed by atoms with Gasteiger partial charge in [-0.05, 0) is 47.7 Å². The second kappa shape index (κ2) is 7.25. The molecule has 0 saturated carbocycles.